The fourth-order valence-corrected chi connectivity index (χ4v) is 3.04. The minimum absolute atomic E-state index is 0.0343. The molecule has 4 heteroatoms. The first-order chi connectivity index (χ1) is 12.2. The largest absolute Gasteiger partial charge is 0.392 e. The van der Waals surface area contributed by atoms with E-state index in [1.54, 1.807) is 12.1 Å². The molecule has 0 unspecified atom stereocenters. The first-order valence-corrected chi connectivity index (χ1v) is 9.73. The van der Waals surface area contributed by atoms with Crippen molar-refractivity contribution in [3.8, 4) is 0 Å². The standard InChI is InChI=1S/C21H33NO3/c1-2-3-4-5-6-7-8-9-10-11-12-19-13-15-20(16-14-19)21(17-18-23)22(24)25/h13-17,23H,2-12,18H2,1H3. The van der Waals surface area contributed by atoms with Gasteiger partial charge in [-0.05, 0) is 30.5 Å². The summed E-state index contributed by atoms with van der Waals surface area (Å²) in [5.74, 6) is 0. The molecule has 1 aromatic carbocycles. The number of hydrogen-bond donors (Lipinski definition) is 1. The molecular weight excluding hydrogens is 314 g/mol. The second kappa shape index (κ2) is 13.6. The molecule has 0 amide bonds. The molecule has 0 bridgehead atoms. The first-order valence-electron chi connectivity index (χ1n) is 9.73. The van der Waals surface area contributed by atoms with Crippen LogP contribution in [-0.2, 0) is 6.42 Å². The van der Waals surface area contributed by atoms with Crippen molar-refractivity contribution in [1.82, 2.24) is 0 Å². The molecule has 0 aliphatic rings. The molecule has 0 aliphatic heterocycles. The number of benzene rings is 1. The number of nitro groups is 1. The van der Waals surface area contributed by atoms with Gasteiger partial charge in [0.25, 0.3) is 5.70 Å². The third-order valence-electron chi connectivity index (χ3n) is 4.55. The molecule has 1 N–H and O–H groups in total. The van der Waals surface area contributed by atoms with E-state index in [0.717, 1.165) is 6.42 Å². The summed E-state index contributed by atoms with van der Waals surface area (Å²) in [6.07, 6.45) is 15.5. The number of unbranched alkanes of at least 4 members (excludes halogenated alkanes) is 9. The van der Waals surface area contributed by atoms with Crippen LogP contribution < -0.4 is 0 Å². The van der Waals surface area contributed by atoms with E-state index in [1.807, 2.05) is 12.1 Å². The average molecular weight is 347 g/mol. The van der Waals surface area contributed by atoms with Crippen LogP contribution in [-0.4, -0.2) is 16.6 Å². The SMILES string of the molecule is CCCCCCCCCCCCc1ccc(C(=CCO)[N+](=O)[O-])cc1. The molecular formula is C21H33NO3. The molecule has 0 aromatic heterocycles. The number of aryl methyl sites for hydroxylation is 1. The Kier molecular flexibility index (Phi) is 11.6. The monoisotopic (exact) mass is 347 g/mol. The van der Waals surface area contributed by atoms with Crippen molar-refractivity contribution in [1.29, 1.82) is 0 Å². The van der Waals surface area contributed by atoms with Crippen molar-refractivity contribution in [3.63, 3.8) is 0 Å². The fourth-order valence-electron chi connectivity index (χ4n) is 3.04. The van der Waals surface area contributed by atoms with Crippen molar-refractivity contribution >= 4 is 5.70 Å². The zero-order valence-electron chi connectivity index (χ0n) is 15.6. The smallest absolute Gasteiger partial charge is 0.274 e. The topological polar surface area (TPSA) is 63.4 Å². The third-order valence-corrected chi connectivity index (χ3v) is 4.55. The van der Waals surface area contributed by atoms with E-state index in [4.69, 9.17) is 5.11 Å². The quantitative estimate of drug-likeness (QED) is 0.264. The van der Waals surface area contributed by atoms with E-state index in [1.165, 1.54) is 75.8 Å². The Labute approximate surface area is 152 Å². The van der Waals surface area contributed by atoms with Crippen molar-refractivity contribution in [2.75, 3.05) is 6.61 Å². The van der Waals surface area contributed by atoms with Gasteiger partial charge in [-0.25, -0.2) is 0 Å². The van der Waals surface area contributed by atoms with Crippen LogP contribution in [0.15, 0.2) is 30.3 Å². The van der Waals surface area contributed by atoms with E-state index in [2.05, 4.69) is 6.92 Å². The highest BCUT2D eigenvalue weighted by molar-refractivity contribution is 5.58. The summed E-state index contributed by atoms with van der Waals surface area (Å²) in [4.78, 5) is 10.5. The molecule has 0 aliphatic carbocycles. The van der Waals surface area contributed by atoms with Gasteiger partial charge in [0, 0.05) is 6.08 Å². The van der Waals surface area contributed by atoms with Crippen LogP contribution in [0.1, 0.15) is 82.3 Å². The van der Waals surface area contributed by atoms with Crippen LogP contribution in [0.4, 0.5) is 0 Å². The van der Waals surface area contributed by atoms with Gasteiger partial charge in [0.1, 0.15) is 0 Å². The highest BCUT2D eigenvalue weighted by atomic mass is 16.6. The second-order valence-electron chi connectivity index (χ2n) is 6.66. The van der Waals surface area contributed by atoms with E-state index in [0.29, 0.717) is 5.56 Å². The number of rotatable bonds is 14. The normalized spacial score (nSPS) is 11.7. The maximum atomic E-state index is 11.0. The van der Waals surface area contributed by atoms with Gasteiger partial charge in [0.2, 0.25) is 0 Å². The number of aliphatic hydroxyl groups is 1. The van der Waals surface area contributed by atoms with Crippen molar-refractivity contribution in [3.05, 3.63) is 51.6 Å². The van der Waals surface area contributed by atoms with Gasteiger partial charge in [0.05, 0.1) is 17.1 Å². The van der Waals surface area contributed by atoms with E-state index in [-0.39, 0.29) is 12.3 Å². The Morgan fingerprint density at radius 3 is 1.96 bits per heavy atom. The van der Waals surface area contributed by atoms with E-state index in [9.17, 15) is 10.1 Å². The van der Waals surface area contributed by atoms with Crippen LogP contribution in [0, 0.1) is 10.1 Å². The Hall–Kier alpha value is -1.68. The van der Waals surface area contributed by atoms with Gasteiger partial charge in [0.15, 0.2) is 0 Å². The summed E-state index contributed by atoms with van der Waals surface area (Å²) in [5, 5.41) is 19.9. The highest BCUT2D eigenvalue weighted by Gasteiger charge is 2.12. The third kappa shape index (κ3) is 9.40. The lowest BCUT2D eigenvalue weighted by Crippen LogP contribution is -1.99. The zero-order valence-corrected chi connectivity index (χ0v) is 15.6. The Morgan fingerprint density at radius 1 is 0.960 bits per heavy atom. The molecule has 0 fully saturated rings. The molecule has 0 radical (unpaired) electrons. The van der Waals surface area contributed by atoms with E-state index >= 15 is 0 Å². The highest BCUT2D eigenvalue weighted by Crippen LogP contribution is 2.17. The maximum absolute atomic E-state index is 11.0. The Bertz CT molecular complexity index is 508. The van der Waals surface area contributed by atoms with Crippen LogP contribution >= 0.6 is 0 Å². The summed E-state index contributed by atoms with van der Waals surface area (Å²) >= 11 is 0. The predicted octanol–water partition coefficient (Wildman–Crippen LogP) is 5.76. The number of hydrogen-bond acceptors (Lipinski definition) is 3. The first kappa shape index (κ1) is 21.4. The minimum Gasteiger partial charge on any atom is -0.392 e. The van der Waals surface area contributed by atoms with E-state index < -0.39 is 4.92 Å². The van der Waals surface area contributed by atoms with Gasteiger partial charge in [-0.15, -0.1) is 0 Å². The second-order valence-corrected chi connectivity index (χ2v) is 6.66. The minimum atomic E-state index is -0.451. The lowest BCUT2D eigenvalue weighted by molar-refractivity contribution is -0.375. The molecule has 1 rings (SSSR count). The van der Waals surface area contributed by atoms with Gasteiger partial charge in [-0.3, -0.25) is 10.1 Å². The van der Waals surface area contributed by atoms with Gasteiger partial charge >= 0.3 is 0 Å². The molecule has 0 atom stereocenters. The van der Waals surface area contributed by atoms with Crippen LogP contribution in [0.5, 0.6) is 0 Å². The summed E-state index contributed by atoms with van der Waals surface area (Å²) in [7, 11) is 0. The number of aliphatic hydroxyl groups excluding tert-OH is 1. The van der Waals surface area contributed by atoms with Crippen molar-refractivity contribution in [2.45, 2.75) is 77.6 Å². The molecule has 0 spiro atoms. The molecule has 0 saturated heterocycles. The molecule has 140 valence electrons. The molecule has 25 heavy (non-hydrogen) atoms. The molecule has 1 aromatic rings. The lowest BCUT2D eigenvalue weighted by atomic mass is 10.0. The Balaban J connectivity index is 2.20. The van der Waals surface area contributed by atoms with Crippen LogP contribution in [0.25, 0.3) is 5.70 Å². The lowest BCUT2D eigenvalue weighted by Gasteiger charge is -2.04. The predicted molar refractivity (Wildman–Crippen MR) is 104 cm³/mol. The van der Waals surface area contributed by atoms with Crippen molar-refractivity contribution in [2.24, 2.45) is 0 Å². The van der Waals surface area contributed by atoms with Crippen LogP contribution in [0.3, 0.4) is 0 Å². The van der Waals surface area contributed by atoms with Gasteiger partial charge in [-0.1, -0.05) is 76.8 Å². The van der Waals surface area contributed by atoms with Crippen LogP contribution in [0.2, 0.25) is 0 Å². The Morgan fingerprint density at radius 2 is 1.48 bits per heavy atom. The summed E-state index contributed by atoms with van der Waals surface area (Å²) in [6.45, 7) is 1.93. The summed E-state index contributed by atoms with van der Waals surface area (Å²) in [5.41, 5.74) is 1.73. The maximum Gasteiger partial charge on any atom is 0.274 e. The number of nitrogens with zero attached hydrogens (tertiary/aromatic N) is 1. The summed E-state index contributed by atoms with van der Waals surface area (Å²) in [6, 6.07) is 7.46. The van der Waals surface area contributed by atoms with Gasteiger partial charge < -0.3 is 5.11 Å². The average Bonchev–Trinajstić information content (AvgIpc) is 2.61. The molecule has 0 saturated carbocycles. The van der Waals surface area contributed by atoms with Crippen molar-refractivity contribution < 1.29 is 10.0 Å². The zero-order chi connectivity index (χ0) is 18.3. The summed E-state index contributed by atoms with van der Waals surface area (Å²) < 4.78 is 0. The molecule has 0 heterocycles. The molecule has 4 nitrogen and oxygen atoms in total. The van der Waals surface area contributed by atoms with Gasteiger partial charge in [-0.2, -0.15) is 0 Å². The fraction of sp³-hybridized carbons (Fsp3) is 0.619.